The number of aromatic nitrogens is 3. The third-order valence-electron chi connectivity index (χ3n) is 5.78. The van der Waals surface area contributed by atoms with E-state index in [2.05, 4.69) is 30.7 Å². The molecule has 1 unspecified atom stereocenters. The molecule has 1 atom stereocenters. The summed E-state index contributed by atoms with van der Waals surface area (Å²) in [5.74, 6) is 3.09. The summed E-state index contributed by atoms with van der Waals surface area (Å²) in [5, 5.41) is 13.2. The van der Waals surface area contributed by atoms with Gasteiger partial charge in [-0.1, -0.05) is 0 Å². The molecule has 3 N–H and O–H groups in total. The van der Waals surface area contributed by atoms with E-state index >= 15 is 0 Å². The highest BCUT2D eigenvalue weighted by Gasteiger charge is 2.27. The minimum absolute atomic E-state index is 0.0574. The van der Waals surface area contributed by atoms with Crippen molar-refractivity contribution in [1.82, 2.24) is 25.4 Å². The molecule has 2 fully saturated rings. The van der Waals surface area contributed by atoms with Gasteiger partial charge in [-0.25, -0.2) is 9.78 Å². The zero-order valence-corrected chi connectivity index (χ0v) is 16.8. The van der Waals surface area contributed by atoms with E-state index in [0.29, 0.717) is 18.3 Å². The van der Waals surface area contributed by atoms with E-state index in [1.807, 2.05) is 36.4 Å². The van der Waals surface area contributed by atoms with Crippen LogP contribution in [0.3, 0.4) is 0 Å². The maximum atomic E-state index is 12.4. The van der Waals surface area contributed by atoms with Crippen LogP contribution in [0.2, 0.25) is 0 Å². The molecule has 3 aromatic rings. The summed E-state index contributed by atoms with van der Waals surface area (Å²) in [6.45, 7) is 2.55. The van der Waals surface area contributed by atoms with Crippen molar-refractivity contribution in [2.45, 2.75) is 37.6 Å². The second-order valence-corrected chi connectivity index (χ2v) is 8.01. The normalized spacial score (nSPS) is 17.7. The SMILES string of the molecule is O=C(NCC(c1ccco1)N1CCCC1)Nc1ccc(-c2n[nH]c(C3CC3)n2)cc1. The van der Waals surface area contributed by atoms with E-state index in [0.717, 1.165) is 35.9 Å². The van der Waals surface area contributed by atoms with Crippen molar-refractivity contribution in [1.29, 1.82) is 0 Å². The number of furan rings is 1. The maximum Gasteiger partial charge on any atom is 0.319 e. The van der Waals surface area contributed by atoms with Crippen molar-refractivity contribution in [3.63, 3.8) is 0 Å². The highest BCUT2D eigenvalue weighted by molar-refractivity contribution is 5.89. The highest BCUT2D eigenvalue weighted by Crippen LogP contribution is 2.38. The number of likely N-dealkylation sites (tertiary alicyclic amines) is 1. The van der Waals surface area contributed by atoms with E-state index in [1.165, 1.54) is 25.7 Å². The summed E-state index contributed by atoms with van der Waals surface area (Å²) in [4.78, 5) is 19.4. The molecule has 1 aliphatic carbocycles. The fourth-order valence-electron chi connectivity index (χ4n) is 3.95. The highest BCUT2D eigenvalue weighted by atomic mass is 16.3. The molecule has 5 rings (SSSR count). The molecule has 8 heteroatoms. The summed E-state index contributed by atoms with van der Waals surface area (Å²) in [5.41, 5.74) is 1.65. The van der Waals surface area contributed by atoms with Gasteiger partial charge in [-0.2, -0.15) is 5.10 Å². The fourth-order valence-corrected chi connectivity index (χ4v) is 3.95. The Hall–Kier alpha value is -3.13. The van der Waals surface area contributed by atoms with Crippen LogP contribution in [0.5, 0.6) is 0 Å². The van der Waals surface area contributed by atoms with Gasteiger partial charge in [0.2, 0.25) is 0 Å². The molecular weight excluding hydrogens is 380 g/mol. The first-order chi connectivity index (χ1) is 14.8. The van der Waals surface area contributed by atoms with E-state index in [4.69, 9.17) is 4.42 Å². The number of nitrogens with one attached hydrogen (secondary N) is 3. The summed E-state index contributed by atoms with van der Waals surface area (Å²) in [6.07, 6.45) is 6.42. The molecule has 8 nitrogen and oxygen atoms in total. The number of carbonyl (C=O) groups is 1. The fraction of sp³-hybridized carbons (Fsp3) is 0.409. The predicted octanol–water partition coefficient (Wildman–Crippen LogP) is 3.90. The first-order valence-electron chi connectivity index (χ1n) is 10.6. The van der Waals surface area contributed by atoms with Crippen LogP contribution in [0, 0.1) is 0 Å². The Morgan fingerprint density at radius 1 is 1.20 bits per heavy atom. The zero-order chi connectivity index (χ0) is 20.3. The van der Waals surface area contributed by atoms with Crippen LogP contribution in [0.15, 0.2) is 47.1 Å². The van der Waals surface area contributed by atoms with Gasteiger partial charge in [-0.3, -0.25) is 10.00 Å². The van der Waals surface area contributed by atoms with Crippen LogP contribution >= 0.6 is 0 Å². The van der Waals surface area contributed by atoms with E-state index in [9.17, 15) is 4.79 Å². The zero-order valence-electron chi connectivity index (χ0n) is 16.8. The standard InChI is InChI=1S/C22H26N6O2/c29-22(23-14-18(19-4-3-13-30-19)28-11-1-2-12-28)24-17-9-7-16(8-10-17)21-25-20(26-27-21)15-5-6-15/h3-4,7-10,13,15,18H,1-2,5-6,11-12,14H2,(H2,23,24,29)(H,25,26,27). The third-order valence-corrected chi connectivity index (χ3v) is 5.78. The molecule has 3 heterocycles. The van der Waals surface area contributed by atoms with Gasteiger partial charge in [0.15, 0.2) is 5.82 Å². The molecule has 1 aromatic carbocycles. The quantitative estimate of drug-likeness (QED) is 0.553. The Morgan fingerprint density at radius 2 is 2.00 bits per heavy atom. The third kappa shape index (κ3) is 4.23. The topological polar surface area (TPSA) is 99.1 Å². The molecular formula is C22H26N6O2. The number of rotatable bonds is 7. The number of nitrogens with zero attached hydrogens (tertiary/aromatic N) is 3. The van der Waals surface area contributed by atoms with Crippen LogP contribution < -0.4 is 10.6 Å². The second-order valence-electron chi connectivity index (χ2n) is 8.01. The second kappa shape index (κ2) is 8.31. The summed E-state index contributed by atoms with van der Waals surface area (Å²) in [7, 11) is 0. The number of amides is 2. The van der Waals surface area contributed by atoms with Crippen molar-refractivity contribution < 1.29 is 9.21 Å². The number of urea groups is 1. The maximum absolute atomic E-state index is 12.4. The average molecular weight is 406 g/mol. The van der Waals surface area contributed by atoms with E-state index in [-0.39, 0.29) is 12.1 Å². The number of benzene rings is 1. The molecule has 2 aromatic heterocycles. The predicted molar refractivity (Wildman–Crippen MR) is 113 cm³/mol. The van der Waals surface area contributed by atoms with Gasteiger partial charge >= 0.3 is 6.03 Å². The van der Waals surface area contributed by atoms with Gasteiger partial charge in [-0.05, 0) is 75.2 Å². The van der Waals surface area contributed by atoms with Gasteiger partial charge in [0.25, 0.3) is 0 Å². The molecule has 30 heavy (non-hydrogen) atoms. The first kappa shape index (κ1) is 18.9. The largest absolute Gasteiger partial charge is 0.468 e. The molecule has 2 amide bonds. The van der Waals surface area contributed by atoms with Gasteiger partial charge < -0.3 is 15.1 Å². The molecule has 1 saturated heterocycles. The molecule has 1 saturated carbocycles. The minimum Gasteiger partial charge on any atom is -0.468 e. The Bertz CT molecular complexity index is 971. The molecule has 1 aliphatic heterocycles. The van der Waals surface area contributed by atoms with Crippen LogP contribution in [-0.2, 0) is 0 Å². The monoisotopic (exact) mass is 406 g/mol. The van der Waals surface area contributed by atoms with Gasteiger partial charge in [-0.15, -0.1) is 0 Å². The Kier molecular flexibility index (Phi) is 5.23. The van der Waals surface area contributed by atoms with Crippen molar-refractivity contribution in [2.75, 3.05) is 25.0 Å². The van der Waals surface area contributed by atoms with Gasteiger partial charge in [0, 0.05) is 23.7 Å². The number of hydrogen-bond acceptors (Lipinski definition) is 5. The molecule has 2 aliphatic rings. The minimum atomic E-state index is -0.229. The molecule has 0 spiro atoms. The lowest BCUT2D eigenvalue weighted by molar-refractivity contribution is 0.207. The number of carbonyl (C=O) groups excluding carboxylic acids is 1. The summed E-state index contributed by atoms with van der Waals surface area (Å²) < 4.78 is 5.61. The summed E-state index contributed by atoms with van der Waals surface area (Å²) >= 11 is 0. The Morgan fingerprint density at radius 3 is 2.70 bits per heavy atom. The van der Waals surface area contributed by atoms with Crippen molar-refractivity contribution in [3.05, 3.63) is 54.2 Å². The van der Waals surface area contributed by atoms with Crippen LogP contribution in [0.25, 0.3) is 11.4 Å². The first-order valence-corrected chi connectivity index (χ1v) is 10.6. The van der Waals surface area contributed by atoms with Crippen LogP contribution in [0.4, 0.5) is 10.5 Å². The van der Waals surface area contributed by atoms with E-state index in [1.54, 1.807) is 6.26 Å². The Labute approximate surface area is 175 Å². The van der Waals surface area contributed by atoms with Crippen LogP contribution in [0.1, 0.15) is 49.2 Å². The lowest BCUT2D eigenvalue weighted by Gasteiger charge is -2.26. The van der Waals surface area contributed by atoms with Crippen molar-refractivity contribution in [2.24, 2.45) is 0 Å². The van der Waals surface area contributed by atoms with E-state index < -0.39 is 0 Å². The molecule has 0 bridgehead atoms. The van der Waals surface area contributed by atoms with Gasteiger partial charge in [0.1, 0.15) is 11.6 Å². The lowest BCUT2D eigenvalue weighted by atomic mass is 10.2. The number of hydrogen-bond donors (Lipinski definition) is 3. The van der Waals surface area contributed by atoms with Crippen molar-refractivity contribution >= 4 is 11.7 Å². The number of aromatic amines is 1. The van der Waals surface area contributed by atoms with Crippen molar-refractivity contribution in [3.8, 4) is 11.4 Å². The smallest absolute Gasteiger partial charge is 0.319 e. The van der Waals surface area contributed by atoms with Gasteiger partial charge in [0.05, 0.1) is 12.3 Å². The molecule has 156 valence electrons. The molecule has 0 radical (unpaired) electrons. The lowest BCUT2D eigenvalue weighted by Crippen LogP contribution is -2.38. The number of anilines is 1. The van der Waals surface area contributed by atoms with Crippen LogP contribution in [-0.4, -0.2) is 45.7 Å². The average Bonchev–Trinajstić information content (AvgIpc) is 3.21. The number of H-pyrrole nitrogens is 1. The Balaban J connectivity index is 1.17. The summed E-state index contributed by atoms with van der Waals surface area (Å²) in [6, 6.07) is 11.3.